The Kier molecular flexibility index (Phi) is 10.7. The number of hydrogen-bond donors (Lipinski definition) is 0. The number of aromatic nitrogens is 2. The second kappa shape index (κ2) is 14.6. The SMILES string of the molecule is CCCCCc1ccc(C(=O)N(CCCOC)C(CC)c2nc3ccccc3c(=O)n2-c2ccc(OC)cc2)cc1. The Morgan fingerprint density at radius 2 is 1.66 bits per heavy atom. The number of carbonyl (C=O) groups is 1. The van der Waals surface area contributed by atoms with Crippen molar-refractivity contribution in [2.24, 2.45) is 0 Å². The Hall–Kier alpha value is -3.97. The fourth-order valence-electron chi connectivity index (χ4n) is 5.23. The highest BCUT2D eigenvalue weighted by Gasteiger charge is 2.29. The summed E-state index contributed by atoms with van der Waals surface area (Å²) >= 11 is 0. The average molecular weight is 556 g/mol. The molecule has 0 aliphatic heterocycles. The lowest BCUT2D eigenvalue weighted by atomic mass is 10.0. The van der Waals surface area contributed by atoms with E-state index in [2.05, 4.69) is 19.1 Å². The van der Waals surface area contributed by atoms with Crippen molar-refractivity contribution in [2.75, 3.05) is 27.4 Å². The quantitative estimate of drug-likeness (QED) is 0.161. The number of carbonyl (C=O) groups excluding carboxylic acids is 1. The highest BCUT2D eigenvalue weighted by Crippen LogP contribution is 2.28. The van der Waals surface area contributed by atoms with Crippen LogP contribution in [0.1, 0.15) is 73.7 Å². The zero-order chi connectivity index (χ0) is 29.2. The minimum atomic E-state index is -0.442. The van der Waals surface area contributed by atoms with Crippen molar-refractivity contribution in [3.05, 3.63) is 100 Å². The number of aryl methyl sites for hydroxylation is 1. The lowest BCUT2D eigenvalue weighted by Crippen LogP contribution is -2.39. The molecule has 0 saturated heterocycles. The predicted octanol–water partition coefficient (Wildman–Crippen LogP) is 6.76. The molecule has 4 rings (SSSR count). The summed E-state index contributed by atoms with van der Waals surface area (Å²) in [4.78, 5) is 34.9. The fourth-order valence-corrected chi connectivity index (χ4v) is 5.23. The third-order valence-corrected chi connectivity index (χ3v) is 7.47. The van der Waals surface area contributed by atoms with E-state index in [-0.39, 0.29) is 11.5 Å². The minimum absolute atomic E-state index is 0.0863. The molecule has 0 spiro atoms. The first kappa shape index (κ1) is 30.0. The summed E-state index contributed by atoms with van der Waals surface area (Å²) in [6.45, 7) is 5.21. The van der Waals surface area contributed by atoms with E-state index in [1.807, 2.05) is 66.4 Å². The van der Waals surface area contributed by atoms with Gasteiger partial charge in [0, 0.05) is 25.8 Å². The van der Waals surface area contributed by atoms with Gasteiger partial charge in [0.15, 0.2) is 0 Å². The molecule has 0 bridgehead atoms. The maximum atomic E-state index is 14.1. The van der Waals surface area contributed by atoms with E-state index in [0.717, 1.165) is 12.8 Å². The van der Waals surface area contributed by atoms with Crippen molar-refractivity contribution < 1.29 is 14.3 Å². The molecule has 7 nitrogen and oxygen atoms in total. The molecule has 0 N–H and O–H groups in total. The monoisotopic (exact) mass is 555 g/mol. The van der Waals surface area contributed by atoms with Crippen LogP contribution >= 0.6 is 0 Å². The van der Waals surface area contributed by atoms with Gasteiger partial charge in [0.25, 0.3) is 11.5 Å². The fraction of sp³-hybridized carbons (Fsp3) is 0.382. The van der Waals surface area contributed by atoms with Crippen LogP contribution in [0, 0.1) is 0 Å². The van der Waals surface area contributed by atoms with Gasteiger partial charge in [0.2, 0.25) is 0 Å². The van der Waals surface area contributed by atoms with Gasteiger partial charge in [0.1, 0.15) is 11.6 Å². The highest BCUT2D eigenvalue weighted by atomic mass is 16.5. The van der Waals surface area contributed by atoms with Gasteiger partial charge in [0.05, 0.1) is 29.7 Å². The molecular weight excluding hydrogens is 514 g/mol. The summed E-state index contributed by atoms with van der Waals surface area (Å²) < 4.78 is 12.3. The Labute approximate surface area is 242 Å². The molecule has 0 aliphatic carbocycles. The van der Waals surface area contributed by atoms with Gasteiger partial charge in [-0.2, -0.15) is 0 Å². The van der Waals surface area contributed by atoms with E-state index in [1.165, 1.54) is 18.4 Å². The molecular formula is C34H41N3O4. The lowest BCUT2D eigenvalue weighted by Gasteiger charge is -2.32. The summed E-state index contributed by atoms with van der Waals surface area (Å²) in [6.07, 6.45) is 5.76. The van der Waals surface area contributed by atoms with Crippen LogP contribution in [0.4, 0.5) is 0 Å². The molecule has 216 valence electrons. The van der Waals surface area contributed by atoms with Gasteiger partial charge in [-0.3, -0.25) is 14.2 Å². The topological polar surface area (TPSA) is 73.7 Å². The van der Waals surface area contributed by atoms with Crippen LogP contribution in [0.25, 0.3) is 16.6 Å². The van der Waals surface area contributed by atoms with E-state index >= 15 is 0 Å². The maximum Gasteiger partial charge on any atom is 0.266 e. The van der Waals surface area contributed by atoms with E-state index in [9.17, 15) is 9.59 Å². The first-order valence-corrected chi connectivity index (χ1v) is 14.6. The number of ether oxygens (including phenoxy) is 2. The molecule has 1 amide bonds. The number of rotatable bonds is 14. The molecule has 0 fully saturated rings. The molecule has 3 aromatic carbocycles. The third kappa shape index (κ3) is 7.03. The van der Waals surface area contributed by atoms with Gasteiger partial charge < -0.3 is 14.4 Å². The molecule has 7 heteroatoms. The number of para-hydroxylation sites is 1. The summed E-state index contributed by atoms with van der Waals surface area (Å²) in [6, 6.07) is 22.2. The maximum absolute atomic E-state index is 14.1. The molecule has 4 aromatic rings. The molecule has 1 heterocycles. The van der Waals surface area contributed by atoms with Gasteiger partial charge in [-0.15, -0.1) is 0 Å². The van der Waals surface area contributed by atoms with Crippen LogP contribution < -0.4 is 10.3 Å². The number of methoxy groups -OCH3 is 2. The molecule has 0 saturated carbocycles. The molecule has 41 heavy (non-hydrogen) atoms. The van der Waals surface area contributed by atoms with Crippen molar-refractivity contribution in [1.29, 1.82) is 0 Å². The second-order valence-corrected chi connectivity index (χ2v) is 10.2. The van der Waals surface area contributed by atoms with Crippen molar-refractivity contribution in [3.8, 4) is 11.4 Å². The Morgan fingerprint density at radius 1 is 0.927 bits per heavy atom. The van der Waals surface area contributed by atoms with Crippen LogP contribution in [-0.4, -0.2) is 47.7 Å². The first-order valence-electron chi connectivity index (χ1n) is 14.6. The van der Waals surface area contributed by atoms with Crippen LogP contribution in [0.3, 0.4) is 0 Å². The highest BCUT2D eigenvalue weighted by molar-refractivity contribution is 5.94. The van der Waals surface area contributed by atoms with Crippen LogP contribution in [0.15, 0.2) is 77.6 Å². The standard InChI is InChI=1S/C34H41N3O4/c1-5-7-8-12-25-15-17-26(18-16-25)33(38)36(23-11-24-40-3)31(6-2)32-35-30-14-10-9-13-29(30)34(39)37(32)27-19-21-28(41-4)22-20-27/h9-10,13-22,31H,5-8,11-12,23-24H2,1-4H3. The van der Waals surface area contributed by atoms with Gasteiger partial charge in [-0.05, 0) is 79.8 Å². The zero-order valence-corrected chi connectivity index (χ0v) is 24.6. The Bertz CT molecular complexity index is 1480. The van der Waals surface area contributed by atoms with Crippen LogP contribution in [0.2, 0.25) is 0 Å². The number of benzene rings is 3. The number of unbranched alkanes of at least 4 members (excludes halogenated alkanes) is 2. The number of hydrogen-bond acceptors (Lipinski definition) is 5. The molecule has 1 atom stereocenters. The largest absolute Gasteiger partial charge is 0.497 e. The number of fused-ring (bicyclic) bond motifs is 1. The molecule has 1 aromatic heterocycles. The van der Waals surface area contributed by atoms with Crippen molar-refractivity contribution in [2.45, 2.75) is 58.4 Å². The summed E-state index contributed by atoms with van der Waals surface area (Å²) in [7, 11) is 3.27. The van der Waals surface area contributed by atoms with E-state index in [0.29, 0.717) is 59.7 Å². The van der Waals surface area contributed by atoms with Crippen LogP contribution in [-0.2, 0) is 11.2 Å². The van der Waals surface area contributed by atoms with Crippen molar-refractivity contribution in [1.82, 2.24) is 14.5 Å². The predicted molar refractivity (Wildman–Crippen MR) is 164 cm³/mol. The van der Waals surface area contributed by atoms with E-state index < -0.39 is 6.04 Å². The van der Waals surface area contributed by atoms with Gasteiger partial charge >= 0.3 is 0 Å². The minimum Gasteiger partial charge on any atom is -0.497 e. The van der Waals surface area contributed by atoms with Crippen molar-refractivity contribution in [3.63, 3.8) is 0 Å². The smallest absolute Gasteiger partial charge is 0.266 e. The number of nitrogens with zero attached hydrogens (tertiary/aromatic N) is 3. The van der Waals surface area contributed by atoms with Crippen LogP contribution in [0.5, 0.6) is 5.75 Å². The Balaban J connectivity index is 1.80. The summed E-state index contributed by atoms with van der Waals surface area (Å²) in [5.41, 5.74) is 2.96. The summed E-state index contributed by atoms with van der Waals surface area (Å²) in [5, 5.41) is 0.526. The summed E-state index contributed by atoms with van der Waals surface area (Å²) in [5.74, 6) is 1.14. The Morgan fingerprint density at radius 3 is 2.32 bits per heavy atom. The second-order valence-electron chi connectivity index (χ2n) is 10.2. The molecule has 0 aliphatic rings. The zero-order valence-electron chi connectivity index (χ0n) is 24.6. The van der Waals surface area contributed by atoms with Gasteiger partial charge in [-0.25, -0.2) is 4.98 Å². The van der Waals surface area contributed by atoms with Gasteiger partial charge in [-0.1, -0.05) is 51.0 Å². The molecule has 1 unspecified atom stereocenters. The van der Waals surface area contributed by atoms with E-state index in [4.69, 9.17) is 14.5 Å². The average Bonchev–Trinajstić information content (AvgIpc) is 3.01. The first-order chi connectivity index (χ1) is 20.0. The van der Waals surface area contributed by atoms with E-state index in [1.54, 1.807) is 24.9 Å². The third-order valence-electron chi connectivity index (χ3n) is 7.47. The molecule has 0 radical (unpaired) electrons. The lowest BCUT2D eigenvalue weighted by molar-refractivity contribution is 0.0634. The normalized spacial score (nSPS) is 11.9. The number of amides is 1. The van der Waals surface area contributed by atoms with Crippen molar-refractivity contribution >= 4 is 16.8 Å².